The molecule has 0 aromatic heterocycles. The average molecular weight is 700 g/mol. The van der Waals surface area contributed by atoms with Gasteiger partial charge in [-0.1, -0.05) is 83.6 Å². The predicted octanol–water partition coefficient (Wildman–Crippen LogP) is 6.86. The number of anilines is 2. The predicted molar refractivity (Wildman–Crippen MR) is 187 cm³/mol. The minimum atomic E-state index is -2.25. The van der Waals surface area contributed by atoms with Crippen molar-refractivity contribution >= 4 is 52.4 Å². The van der Waals surface area contributed by atoms with Crippen molar-refractivity contribution in [2.24, 2.45) is 5.92 Å². The average Bonchev–Trinajstić information content (AvgIpc) is 3.48. The van der Waals surface area contributed by atoms with Crippen molar-refractivity contribution in [3.63, 3.8) is 0 Å². The highest BCUT2D eigenvalue weighted by molar-refractivity contribution is 9.10. The number of hydrogen-bond donors (Lipinski definition) is 2. The van der Waals surface area contributed by atoms with Gasteiger partial charge in [0.2, 0.25) is 0 Å². The van der Waals surface area contributed by atoms with E-state index in [4.69, 9.17) is 9.47 Å². The molecule has 7 nitrogen and oxygen atoms in total. The Morgan fingerprint density at radius 3 is 2.37 bits per heavy atom. The minimum absolute atomic E-state index is 0.0204. The molecule has 2 heterocycles. The quantitative estimate of drug-likeness (QED) is 0.187. The Morgan fingerprint density at radius 2 is 1.72 bits per heavy atom. The number of halogens is 1. The summed E-state index contributed by atoms with van der Waals surface area (Å²) in [6, 6.07) is 30.9. The first-order valence-corrected chi connectivity index (χ1v) is 19.5. The van der Waals surface area contributed by atoms with E-state index in [9.17, 15) is 14.7 Å². The van der Waals surface area contributed by atoms with Crippen LogP contribution in [-0.2, 0) is 21.7 Å². The van der Waals surface area contributed by atoms with Crippen LogP contribution >= 0.6 is 15.9 Å². The van der Waals surface area contributed by atoms with Crippen LogP contribution in [0, 0.1) is 5.92 Å². The van der Waals surface area contributed by atoms with E-state index in [1.165, 1.54) is 5.19 Å². The molecule has 4 atom stereocenters. The van der Waals surface area contributed by atoms with Crippen LogP contribution in [0.4, 0.5) is 11.4 Å². The number of carbonyl (C=O) groups is 2. The van der Waals surface area contributed by atoms with E-state index in [1.54, 1.807) is 19.2 Å². The molecule has 0 radical (unpaired) electrons. The zero-order chi connectivity index (χ0) is 32.6. The van der Waals surface area contributed by atoms with E-state index in [1.807, 2.05) is 77.7 Å². The van der Waals surface area contributed by atoms with E-state index in [0.29, 0.717) is 24.2 Å². The highest BCUT2D eigenvalue weighted by atomic mass is 79.9. The number of fused-ring (bicyclic) bond motifs is 2. The maximum absolute atomic E-state index is 14.8. The molecule has 46 heavy (non-hydrogen) atoms. The zero-order valence-electron chi connectivity index (χ0n) is 26.5. The lowest BCUT2D eigenvalue weighted by atomic mass is 9.82. The summed E-state index contributed by atoms with van der Waals surface area (Å²) in [5, 5.41) is 14.3. The fraction of sp³-hybridized carbons (Fsp3) is 0.297. The van der Waals surface area contributed by atoms with Crippen LogP contribution in [0.2, 0.25) is 18.6 Å². The summed E-state index contributed by atoms with van der Waals surface area (Å²) in [5.74, 6) is 0.401. The number of ether oxygens (including phenoxy) is 2. The maximum atomic E-state index is 14.8. The smallest absolute Gasteiger partial charge is 0.264 e. The van der Waals surface area contributed by atoms with Crippen molar-refractivity contribution in [3.8, 4) is 5.75 Å². The number of methoxy groups -OCH3 is 1. The van der Waals surface area contributed by atoms with Crippen LogP contribution < -0.4 is 20.1 Å². The SMILES string of the molecule is COc1ccc([Si](C)(C)[C@@H]2[C@@H](CCO)O[C@]3(C(=O)N(Cc4ccc(NC(=O)c5ccccc5)cc4)c4ccc(Br)cc43)[C@H]2C)cc1. The largest absolute Gasteiger partial charge is 0.497 e. The first kappa shape index (κ1) is 32.2. The molecule has 0 saturated carbocycles. The van der Waals surface area contributed by atoms with Crippen molar-refractivity contribution in [3.05, 3.63) is 118 Å². The Kier molecular flexibility index (Phi) is 8.95. The van der Waals surface area contributed by atoms with E-state index in [2.05, 4.69) is 53.4 Å². The summed E-state index contributed by atoms with van der Waals surface area (Å²) in [5.41, 5.74) is 2.77. The molecular weight excluding hydrogens is 660 g/mol. The first-order valence-electron chi connectivity index (χ1n) is 15.6. The van der Waals surface area contributed by atoms with Crippen molar-refractivity contribution in [1.82, 2.24) is 0 Å². The molecule has 9 heteroatoms. The molecule has 4 aromatic rings. The second kappa shape index (κ2) is 12.8. The fourth-order valence-corrected chi connectivity index (χ4v) is 11.9. The van der Waals surface area contributed by atoms with Gasteiger partial charge in [0.15, 0.2) is 5.60 Å². The topological polar surface area (TPSA) is 88.1 Å². The standard InChI is InChI=1S/C37H39BrN2O5Si/c1-24-34(46(3,4)30-17-15-29(44-2)16-18-30)33(20-21-41)45-37(24)31-22-27(38)12-19-32(31)40(36(37)43)23-25-10-13-28(14-11-25)39-35(42)26-8-6-5-7-9-26/h5-19,22,24,33-34,41H,20-21,23H2,1-4H3,(H,39,42)/t24-,33+,34-,37+/m0/s1. The molecule has 6 rings (SSSR count). The molecule has 0 bridgehead atoms. The Balaban J connectivity index is 1.31. The first-order chi connectivity index (χ1) is 22.1. The molecule has 2 amide bonds. The van der Waals surface area contributed by atoms with Gasteiger partial charge in [-0.05, 0) is 72.1 Å². The minimum Gasteiger partial charge on any atom is -0.497 e. The van der Waals surface area contributed by atoms with Crippen molar-refractivity contribution in [2.75, 3.05) is 23.9 Å². The van der Waals surface area contributed by atoms with Crippen LogP contribution in [0.25, 0.3) is 0 Å². The van der Waals surface area contributed by atoms with Gasteiger partial charge in [0.05, 0.1) is 33.5 Å². The molecule has 2 aliphatic rings. The second-order valence-corrected chi connectivity index (χ2v) is 18.3. The lowest BCUT2D eigenvalue weighted by Gasteiger charge is -2.37. The van der Waals surface area contributed by atoms with E-state index in [0.717, 1.165) is 27.0 Å². The summed E-state index contributed by atoms with van der Waals surface area (Å²) in [6.45, 7) is 7.15. The molecule has 2 aliphatic heterocycles. The van der Waals surface area contributed by atoms with Gasteiger partial charge >= 0.3 is 0 Å². The van der Waals surface area contributed by atoms with Gasteiger partial charge in [0, 0.05) is 33.8 Å². The van der Waals surface area contributed by atoms with Gasteiger partial charge < -0.3 is 24.8 Å². The normalized spacial score (nSPS) is 22.3. The van der Waals surface area contributed by atoms with Crippen molar-refractivity contribution < 1.29 is 24.2 Å². The molecule has 2 N–H and O–H groups in total. The van der Waals surface area contributed by atoms with Crippen LogP contribution in [0.5, 0.6) is 5.75 Å². The summed E-state index contributed by atoms with van der Waals surface area (Å²) >= 11 is 3.65. The Morgan fingerprint density at radius 1 is 1.02 bits per heavy atom. The molecular formula is C37H39BrN2O5Si. The number of nitrogens with one attached hydrogen (secondary N) is 1. The molecule has 4 aromatic carbocycles. The summed E-state index contributed by atoms with van der Waals surface area (Å²) < 4.78 is 13.3. The van der Waals surface area contributed by atoms with E-state index >= 15 is 0 Å². The molecule has 1 saturated heterocycles. The van der Waals surface area contributed by atoms with E-state index < -0.39 is 13.7 Å². The van der Waals surface area contributed by atoms with Gasteiger partial charge in [-0.15, -0.1) is 0 Å². The lowest BCUT2D eigenvalue weighted by Crippen LogP contribution is -2.51. The number of amides is 2. The molecule has 238 valence electrons. The summed E-state index contributed by atoms with van der Waals surface area (Å²) in [4.78, 5) is 29.3. The summed E-state index contributed by atoms with van der Waals surface area (Å²) in [7, 11) is -0.589. The molecule has 1 fully saturated rings. The highest BCUT2D eigenvalue weighted by Crippen LogP contribution is 2.60. The third-order valence-corrected chi connectivity index (χ3v) is 14.7. The fourth-order valence-electron chi connectivity index (χ4n) is 7.51. The number of aliphatic hydroxyl groups is 1. The van der Waals surface area contributed by atoms with Gasteiger partial charge in [-0.2, -0.15) is 0 Å². The van der Waals surface area contributed by atoms with Crippen LogP contribution in [0.3, 0.4) is 0 Å². The highest BCUT2D eigenvalue weighted by Gasteiger charge is 2.66. The van der Waals surface area contributed by atoms with Gasteiger partial charge in [-0.25, -0.2) is 0 Å². The Hall–Kier alpha value is -3.76. The second-order valence-electron chi connectivity index (χ2n) is 12.7. The van der Waals surface area contributed by atoms with Gasteiger partial charge in [-0.3, -0.25) is 9.59 Å². The van der Waals surface area contributed by atoms with Crippen molar-refractivity contribution in [2.45, 2.75) is 50.2 Å². The number of hydrogen-bond acceptors (Lipinski definition) is 5. The van der Waals surface area contributed by atoms with E-state index in [-0.39, 0.29) is 36.0 Å². The zero-order valence-corrected chi connectivity index (χ0v) is 29.1. The number of benzene rings is 4. The molecule has 1 spiro atoms. The monoisotopic (exact) mass is 698 g/mol. The number of nitrogens with zero attached hydrogens (tertiary/aromatic N) is 1. The van der Waals surface area contributed by atoms with Crippen molar-refractivity contribution in [1.29, 1.82) is 0 Å². The molecule has 0 unspecified atom stereocenters. The third-order valence-electron chi connectivity index (χ3n) is 9.80. The summed E-state index contributed by atoms with van der Waals surface area (Å²) in [6.07, 6.45) is 0.169. The number of carbonyl (C=O) groups excluding carboxylic acids is 2. The maximum Gasteiger partial charge on any atom is 0.264 e. The number of rotatable bonds is 9. The Labute approximate surface area is 279 Å². The molecule has 0 aliphatic carbocycles. The van der Waals surface area contributed by atoms with Crippen LogP contribution in [-0.4, -0.2) is 44.8 Å². The van der Waals surface area contributed by atoms with Crippen LogP contribution in [0.15, 0.2) is 102 Å². The Bertz CT molecular complexity index is 1730. The van der Waals surface area contributed by atoms with Gasteiger partial charge in [0.25, 0.3) is 11.8 Å². The third kappa shape index (κ3) is 5.59. The number of aliphatic hydroxyl groups excluding tert-OH is 1. The van der Waals surface area contributed by atoms with Crippen LogP contribution in [0.1, 0.15) is 34.8 Å². The van der Waals surface area contributed by atoms with Gasteiger partial charge in [0.1, 0.15) is 5.75 Å². The lowest BCUT2D eigenvalue weighted by molar-refractivity contribution is -0.146.